The molecule has 1 aliphatic heterocycles. The lowest BCUT2D eigenvalue weighted by Crippen LogP contribution is -2.50. The summed E-state index contributed by atoms with van der Waals surface area (Å²) >= 11 is 0. The van der Waals surface area contributed by atoms with Crippen molar-refractivity contribution in [2.24, 2.45) is 5.41 Å². The Morgan fingerprint density at radius 3 is 2.43 bits per heavy atom. The fourth-order valence-electron chi connectivity index (χ4n) is 2.20. The minimum Gasteiger partial charge on any atom is -0.481 e. The van der Waals surface area contributed by atoms with Crippen molar-refractivity contribution in [2.75, 3.05) is 31.1 Å². The van der Waals surface area contributed by atoms with E-state index in [1.165, 1.54) is 0 Å². The Bertz CT molecular complexity index is 510. The van der Waals surface area contributed by atoms with E-state index in [0.29, 0.717) is 26.2 Å². The number of carboxylic acid groups (broad SMARTS) is 1. The second kappa shape index (κ2) is 6.07. The summed E-state index contributed by atoms with van der Waals surface area (Å²) in [5.41, 5.74) is -1.03. The number of hydrogen-bond donors (Lipinski definition) is 1. The third-order valence-corrected chi connectivity index (χ3v) is 3.68. The molecule has 7 heteroatoms. The molecule has 0 unspecified atom stereocenters. The number of anilines is 1. The van der Waals surface area contributed by atoms with Crippen LogP contribution in [0.25, 0.3) is 0 Å². The van der Waals surface area contributed by atoms with Gasteiger partial charge in [-0.05, 0) is 13.8 Å². The van der Waals surface area contributed by atoms with Crippen molar-refractivity contribution in [3.05, 3.63) is 18.6 Å². The van der Waals surface area contributed by atoms with Gasteiger partial charge in [0.1, 0.15) is 5.82 Å². The Kier molecular flexibility index (Phi) is 4.40. The summed E-state index contributed by atoms with van der Waals surface area (Å²) in [6.45, 7) is 5.65. The highest BCUT2D eigenvalue weighted by Crippen LogP contribution is 2.22. The van der Waals surface area contributed by atoms with Crippen LogP contribution in [0.5, 0.6) is 0 Å². The van der Waals surface area contributed by atoms with E-state index < -0.39 is 11.4 Å². The van der Waals surface area contributed by atoms with E-state index in [1.54, 1.807) is 37.3 Å². The van der Waals surface area contributed by atoms with Crippen LogP contribution in [-0.2, 0) is 9.59 Å². The van der Waals surface area contributed by atoms with Crippen LogP contribution >= 0.6 is 0 Å². The molecule has 0 bridgehead atoms. The van der Waals surface area contributed by atoms with E-state index in [0.717, 1.165) is 5.82 Å². The summed E-state index contributed by atoms with van der Waals surface area (Å²) in [7, 11) is 0. The second-order valence-electron chi connectivity index (χ2n) is 5.80. The molecule has 2 heterocycles. The maximum absolute atomic E-state index is 12.2. The lowest BCUT2D eigenvalue weighted by atomic mass is 9.89. The van der Waals surface area contributed by atoms with Gasteiger partial charge in [-0.2, -0.15) is 0 Å². The molecule has 0 spiro atoms. The van der Waals surface area contributed by atoms with Crippen molar-refractivity contribution < 1.29 is 14.7 Å². The molecule has 0 saturated carbocycles. The van der Waals surface area contributed by atoms with Crippen molar-refractivity contribution in [2.45, 2.75) is 20.3 Å². The number of carbonyl (C=O) groups is 2. The van der Waals surface area contributed by atoms with Gasteiger partial charge in [-0.3, -0.25) is 14.6 Å². The minimum atomic E-state index is -1.03. The normalized spacial score (nSPS) is 15.9. The molecule has 21 heavy (non-hydrogen) atoms. The smallest absolute Gasteiger partial charge is 0.309 e. The van der Waals surface area contributed by atoms with Crippen molar-refractivity contribution >= 4 is 17.7 Å². The van der Waals surface area contributed by atoms with Crippen molar-refractivity contribution in [3.8, 4) is 0 Å². The zero-order valence-corrected chi connectivity index (χ0v) is 12.3. The topological polar surface area (TPSA) is 86.6 Å². The first kappa shape index (κ1) is 15.2. The van der Waals surface area contributed by atoms with E-state index >= 15 is 0 Å². The molecule has 1 saturated heterocycles. The molecular weight excluding hydrogens is 272 g/mol. The predicted octanol–water partition coefficient (Wildman–Crippen LogP) is 0.626. The molecule has 1 amide bonds. The molecule has 0 radical (unpaired) electrons. The summed E-state index contributed by atoms with van der Waals surface area (Å²) in [5, 5.41) is 9.09. The van der Waals surface area contributed by atoms with Crippen LogP contribution in [0.2, 0.25) is 0 Å². The number of carboxylic acids is 1. The third-order valence-electron chi connectivity index (χ3n) is 3.68. The van der Waals surface area contributed by atoms with Crippen molar-refractivity contribution in [1.29, 1.82) is 0 Å². The van der Waals surface area contributed by atoms with E-state index in [9.17, 15) is 9.59 Å². The summed E-state index contributed by atoms with van der Waals surface area (Å²) in [4.78, 5) is 35.3. The maximum atomic E-state index is 12.2. The van der Waals surface area contributed by atoms with Crippen molar-refractivity contribution in [3.63, 3.8) is 0 Å². The third kappa shape index (κ3) is 3.68. The molecule has 1 aromatic rings. The fourth-order valence-corrected chi connectivity index (χ4v) is 2.20. The second-order valence-corrected chi connectivity index (χ2v) is 5.80. The average molecular weight is 292 g/mol. The van der Waals surface area contributed by atoms with Gasteiger partial charge in [0, 0.05) is 45.0 Å². The fraction of sp³-hybridized carbons (Fsp3) is 0.571. The van der Waals surface area contributed by atoms with Crippen LogP contribution in [0.3, 0.4) is 0 Å². The van der Waals surface area contributed by atoms with Crippen LogP contribution in [-0.4, -0.2) is 58.0 Å². The van der Waals surface area contributed by atoms with Gasteiger partial charge in [0.2, 0.25) is 5.91 Å². The first-order chi connectivity index (χ1) is 9.90. The lowest BCUT2D eigenvalue weighted by molar-refractivity contribution is -0.151. The Hall–Kier alpha value is -2.18. The number of nitrogens with zero attached hydrogens (tertiary/aromatic N) is 4. The molecule has 114 valence electrons. The number of amides is 1. The molecule has 0 atom stereocenters. The van der Waals surface area contributed by atoms with E-state index in [-0.39, 0.29) is 12.3 Å². The number of hydrogen-bond acceptors (Lipinski definition) is 5. The number of aromatic nitrogens is 2. The maximum Gasteiger partial charge on any atom is 0.309 e. The van der Waals surface area contributed by atoms with Gasteiger partial charge in [0.15, 0.2) is 0 Å². The first-order valence-electron chi connectivity index (χ1n) is 6.92. The highest BCUT2D eigenvalue weighted by molar-refractivity contribution is 5.84. The summed E-state index contributed by atoms with van der Waals surface area (Å²) < 4.78 is 0. The zero-order chi connectivity index (χ0) is 15.5. The first-order valence-corrected chi connectivity index (χ1v) is 6.92. The van der Waals surface area contributed by atoms with Gasteiger partial charge in [0.05, 0.1) is 11.6 Å². The molecule has 0 aliphatic carbocycles. The van der Waals surface area contributed by atoms with E-state index in [2.05, 4.69) is 14.9 Å². The Morgan fingerprint density at radius 2 is 1.90 bits per heavy atom. The number of carbonyl (C=O) groups excluding carboxylic acids is 1. The summed E-state index contributed by atoms with van der Waals surface area (Å²) in [6.07, 6.45) is 4.98. The highest BCUT2D eigenvalue weighted by Gasteiger charge is 2.33. The number of aliphatic carboxylic acids is 1. The highest BCUT2D eigenvalue weighted by atomic mass is 16.4. The van der Waals surface area contributed by atoms with Gasteiger partial charge in [0.25, 0.3) is 0 Å². The van der Waals surface area contributed by atoms with Crippen LogP contribution in [0.15, 0.2) is 18.6 Å². The monoisotopic (exact) mass is 292 g/mol. The summed E-state index contributed by atoms with van der Waals surface area (Å²) in [6, 6.07) is 0. The molecule has 1 fully saturated rings. The van der Waals surface area contributed by atoms with Crippen LogP contribution in [0.4, 0.5) is 5.82 Å². The van der Waals surface area contributed by atoms with Crippen LogP contribution in [0.1, 0.15) is 20.3 Å². The zero-order valence-electron chi connectivity index (χ0n) is 12.3. The van der Waals surface area contributed by atoms with Gasteiger partial charge in [-0.1, -0.05) is 0 Å². The van der Waals surface area contributed by atoms with Gasteiger partial charge < -0.3 is 14.9 Å². The molecular formula is C14H20N4O3. The molecule has 2 rings (SSSR count). The Morgan fingerprint density at radius 1 is 1.24 bits per heavy atom. The van der Waals surface area contributed by atoms with Crippen LogP contribution in [0, 0.1) is 5.41 Å². The average Bonchev–Trinajstić information content (AvgIpc) is 2.48. The SMILES string of the molecule is CC(C)(CC(=O)N1CCN(c2cnccn2)CC1)C(=O)O. The molecule has 0 aromatic carbocycles. The van der Waals surface area contributed by atoms with Crippen molar-refractivity contribution in [1.82, 2.24) is 14.9 Å². The predicted molar refractivity (Wildman–Crippen MR) is 76.9 cm³/mol. The number of rotatable bonds is 4. The Labute approximate surface area is 123 Å². The minimum absolute atomic E-state index is 0.0213. The Balaban J connectivity index is 1.89. The summed E-state index contributed by atoms with van der Waals surface area (Å²) in [5.74, 6) is -0.259. The number of piperazine rings is 1. The van der Waals surface area contributed by atoms with Gasteiger partial charge in [-0.25, -0.2) is 4.98 Å². The van der Waals surface area contributed by atoms with E-state index in [4.69, 9.17) is 5.11 Å². The quantitative estimate of drug-likeness (QED) is 0.875. The van der Waals surface area contributed by atoms with Gasteiger partial charge in [-0.15, -0.1) is 0 Å². The van der Waals surface area contributed by atoms with Crippen LogP contribution < -0.4 is 4.90 Å². The van der Waals surface area contributed by atoms with Gasteiger partial charge >= 0.3 is 5.97 Å². The molecule has 1 aliphatic rings. The lowest BCUT2D eigenvalue weighted by Gasteiger charge is -2.36. The largest absolute Gasteiger partial charge is 0.481 e. The molecule has 1 N–H and O–H groups in total. The van der Waals surface area contributed by atoms with E-state index in [1.807, 2.05) is 0 Å². The standard InChI is InChI=1S/C14H20N4O3/c1-14(2,13(20)21)9-12(19)18-7-5-17(6-8-18)11-10-15-3-4-16-11/h3-4,10H,5-9H2,1-2H3,(H,20,21). The molecule has 1 aromatic heterocycles. The molecule has 7 nitrogen and oxygen atoms in total.